The van der Waals surface area contributed by atoms with Crippen molar-refractivity contribution in [2.75, 3.05) is 13.1 Å². The third-order valence-electron chi connectivity index (χ3n) is 4.68. The number of nitro groups is 1. The second kappa shape index (κ2) is 9.80. The summed E-state index contributed by atoms with van der Waals surface area (Å²) < 4.78 is 1.40. The number of nitrogens with one attached hydrogen (secondary N) is 1. The lowest BCUT2D eigenvalue weighted by Gasteiger charge is -2.13. The van der Waals surface area contributed by atoms with E-state index in [2.05, 4.69) is 20.8 Å². The third kappa shape index (κ3) is 4.94. The van der Waals surface area contributed by atoms with Crippen LogP contribution in [0.1, 0.15) is 15.9 Å². The van der Waals surface area contributed by atoms with Crippen LogP contribution in [0.4, 0.5) is 10.5 Å². The van der Waals surface area contributed by atoms with Crippen molar-refractivity contribution >= 4 is 52.2 Å². The molecule has 1 N–H and O–H groups in total. The fourth-order valence-electron chi connectivity index (χ4n) is 3.06. The van der Waals surface area contributed by atoms with Crippen molar-refractivity contribution in [3.8, 4) is 5.69 Å². The number of aromatic nitrogens is 4. The lowest BCUT2D eigenvalue weighted by atomic mass is 10.2. The molecule has 0 aliphatic carbocycles. The number of imide groups is 1. The Balaban J connectivity index is 1.38. The molecule has 0 saturated carbocycles. The number of benzene rings is 2. The number of carbonyl (C=O) groups excluding carboxylic acids is 3. The molecule has 0 radical (unpaired) electrons. The number of rotatable bonds is 7. The Kier molecular flexibility index (Phi) is 6.65. The first-order chi connectivity index (χ1) is 16.3. The zero-order valence-electron chi connectivity index (χ0n) is 17.1. The molecule has 0 bridgehead atoms. The molecule has 12 nitrogen and oxygen atoms in total. The van der Waals surface area contributed by atoms with Crippen LogP contribution in [0.5, 0.6) is 0 Å². The highest BCUT2D eigenvalue weighted by atomic mass is 35.5. The predicted molar refractivity (Wildman–Crippen MR) is 122 cm³/mol. The Bertz CT molecular complexity index is 1330. The van der Waals surface area contributed by atoms with Crippen molar-refractivity contribution < 1.29 is 19.3 Å². The van der Waals surface area contributed by atoms with Crippen molar-refractivity contribution in [3.05, 3.63) is 80.0 Å². The van der Waals surface area contributed by atoms with Crippen LogP contribution in [-0.2, 0) is 4.79 Å². The zero-order valence-corrected chi connectivity index (χ0v) is 18.7. The minimum atomic E-state index is -0.632. The van der Waals surface area contributed by atoms with Gasteiger partial charge < -0.3 is 5.32 Å². The summed E-state index contributed by atoms with van der Waals surface area (Å²) in [5.74, 6) is -0.951. The molecule has 2 heterocycles. The van der Waals surface area contributed by atoms with Crippen LogP contribution in [0.2, 0.25) is 5.02 Å². The van der Waals surface area contributed by atoms with Crippen molar-refractivity contribution in [2.45, 2.75) is 0 Å². The number of carbonyl (C=O) groups is 3. The summed E-state index contributed by atoms with van der Waals surface area (Å²) in [6.07, 6.45) is 2.78. The predicted octanol–water partition coefficient (Wildman–Crippen LogP) is 2.69. The van der Waals surface area contributed by atoms with Gasteiger partial charge >= 0.3 is 0 Å². The van der Waals surface area contributed by atoms with Crippen molar-refractivity contribution in [2.24, 2.45) is 0 Å². The zero-order chi connectivity index (χ0) is 24.2. The van der Waals surface area contributed by atoms with E-state index in [0.717, 1.165) is 4.90 Å². The van der Waals surface area contributed by atoms with Crippen molar-refractivity contribution in [1.82, 2.24) is 30.4 Å². The minimum Gasteiger partial charge on any atom is -0.350 e. The van der Waals surface area contributed by atoms with Gasteiger partial charge in [0.1, 0.15) is 11.3 Å². The highest BCUT2D eigenvalue weighted by Crippen LogP contribution is 2.33. The maximum absolute atomic E-state index is 12.6. The molecule has 172 valence electrons. The molecule has 4 rings (SSSR count). The Morgan fingerprint density at radius 3 is 2.79 bits per heavy atom. The number of thioether (sulfide) groups is 1. The number of nitrogens with zero attached hydrogens (tertiary/aromatic N) is 6. The van der Waals surface area contributed by atoms with Gasteiger partial charge in [0.05, 0.1) is 15.5 Å². The van der Waals surface area contributed by atoms with Crippen LogP contribution in [0, 0.1) is 10.1 Å². The summed E-state index contributed by atoms with van der Waals surface area (Å²) in [4.78, 5) is 49.0. The first kappa shape index (κ1) is 23.1. The average molecular weight is 500 g/mol. The van der Waals surface area contributed by atoms with Crippen LogP contribution in [-0.4, -0.2) is 60.2 Å². The molecule has 0 unspecified atom stereocenters. The fourth-order valence-corrected chi connectivity index (χ4v) is 4.11. The van der Waals surface area contributed by atoms with E-state index in [1.165, 1.54) is 35.3 Å². The quantitative estimate of drug-likeness (QED) is 0.293. The number of nitro benzene ring substituents is 1. The van der Waals surface area contributed by atoms with Gasteiger partial charge in [-0.3, -0.25) is 29.4 Å². The van der Waals surface area contributed by atoms with Gasteiger partial charge in [0, 0.05) is 24.7 Å². The largest absolute Gasteiger partial charge is 0.350 e. The van der Waals surface area contributed by atoms with Crippen LogP contribution >= 0.6 is 23.4 Å². The Morgan fingerprint density at radius 2 is 2.06 bits per heavy atom. The van der Waals surface area contributed by atoms with E-state index in [9.17, 15) is 24.5 Å². The van der Waals surface area contributed by atoms with Crippen LogP contribution in [0.25, 0.3) is 11.8 Å². The number of amides is 3. The molecule has 0 atom stereocenters. The van der Waals surface area contributed by atoms with Crippen molar-refractivity contribution in [3.63, 3.8) is 0 Å². The van der Waals surface area contributed by atoms with Gasteiger partial charge in [-0.05, 0) is 58.1 Å². The molecule has 1 saturated heterocycles. The van der Waals surface area contributed by atoms with Gasteiger partial charge in [0.25, 0.3) is 22.7 Å². The van der Waals surface area contributed by atoms with Gasteiger partial charge in [-0.1, -0.05) is 23.7 Å². The normalized spacial score (nSPS) is 14.6. The number of halogens is 1. The van der Waals surface area contributed by atoms with Crippen LogP contribution in [0.3, 0.4) is 0 Å². The van der Waals surface area contributed by atoms with E-state index < -0.39 is 22.0 Å². The van der Waals surface area contributed by atoms with E-state index in [4.69, 9.17) is 11.6 Å². The van der Waals surface area contributed by atoms with E-state index >= 15 is 0 Å². The van der Waals surface area contributed by atoms with E-state index in [1.54, 1.807) is 24.3 Å². The van der Waals surface area contributed by atoms with Gasteiger partial charge in [-0.15, -0.1) is 5.10 Å². The van der Waals surface area contributed by atoms with E-state index in [-0.39, 0.29) is 28.7 Å². The molecule has 3 aromatic rings. The van der Waals surface area contributed by atoms with Gasteiger partial charge in [-0.25, -0.2) is 4.68 Å². The Labute approximate surface area is 200 Å². The highest BCUT2D eigenvalue weighted by Gasteiger charge is 2.34. The van der Waals surface area contributed by atoms with Gasteiger partial charge in [0.15, 0.2) is 0 Å². The topological polar surface area (TPSA) is 153 Å². The second-order valence-corrected chi connectivity index (χ2v) is 8.26. The first-order valence-electron chi connectivity index (χ1n) is 9.64. The summed E-state index contributed by atoms with van der Waals surface area (Å²) in [5, 5.41) is 24.0. The molecule has 1 aliphatic heterocycles. The maximum atomic E-state index is 12.6. The molecule has 34 heavy (non-hydrogen) atoms. The first-order valence-corrected chi connectivity index (χ1v) is 10.8. The molecule has 1 aliphatic rings. The summed E-state index contributed by atoms with van der Waals surface area (Å²) in [5.41, 5.74) is 1.00. The van der Waals surface area contributed by atoms with Crippen molar-refractivity contribution in [1.29, 1.82) is 0 Å². The number of hydrogen-bond acceptors (Lipinski definition) is 9. The number of hydrogen-bond donors (Lipinski definition) is 1. The Hall–Kier alpha value is -4.10. The van der Waals surface area contributed by atoms with Crippen LogP contribution in [0.15, 0.2) is 53.7 Å². The van der Waals surface area contributed by atoms with E-state index in [0.29, 0.717) is 28.6 Å². The molecule has 3 amide bonds. The molecule has 0 spiro atoms. The SMILES string of the molecule is O=C(NCCN1C(=O)S/C(=C\c2ccc(Cl)c([N+](=O)[O-])c2)C1=O)c1cccc(-n2cnnn2)c1. The van der Waals surface area contributed by atoms with Crippen LogP contribution < -0.4 is 5.32 Å². The summed E-state index contributed by atoms with van der Waals surface area (Å²) in [6, 6.07) is 10.7. The highest BCUT2D eigenvalue weighted by molar-refractivity contribution is 8.18. The summed E-state index contributed by atoms with van der Waals surface area (Å²) >= 11 is 6.52. The molecular formula is C20H14ClN7O5S. The van der Waals surface area contributed by atoms with Gasteiger partial charge in [-0.2, -0.15) is 0 Å². The molecular weight excluding hydrogens is 486 g/mol. The average Bonchev–Trinajstić information content (AvgIpc) is 3.45. The maximum Gasteiger partial charge on any atom is 0.293 e. The molecule has 2 aromatic carbocycles. The van der Waals surface area contributed by atoms with E-state index in [1.807, 2.05) is 0 Å². The Morgan fingerprint density at radius 1 is 1.24 bits per heavy atom. The monoisotopic (exact) mass is 499 g/mol. The summed E-state index contributed by atoms with van der Waals surface area (Å²) in [6.45, 7) is -0.00707. The lowest BCUT2D eigenvalue weighted by molar-refractivity contribution is -0.384. The van der Waals surface area contributed by atoms with Gasteiger partial charge in [0.2, 0.25) is 0 Å². The minimum absolute atomic E-state index is 0.0329. The lowest BCUT2D eigenvalue weighted by Crippen LogP contribution is -2.37. The smallest absolute Gasteiger partial charge is 0.293 e. The second-order valence-electron chi connectivity index (χ2n) is 6.86. The fraction of sp³-hybridized carbons (Fsp3) is 0.100. The molecule has 1 fully saturated rings. The molecule has 1 aromatic heterocycles. The standard InChI is InChI=1S/C20H14ClN7O5S/c21-15-5-4-12(8-16(15)28(32)33)9-17-19(30)26(20(31)34-17)7-6-22-18(29)13-2-1-3-14(10-13)27-11-23-24-25-27/h1-5,8-11H,6-7H2,(H,22,29)/b17-9-. The molecule has 14 heteroatoms. The third-order valence-corrected chi connectivity index (χ3v) is 5.91. The number of tetrazole rings is 1. The summed E-state index contributed by atoms with van der Waals surface area (Å²) in [7, 11) is 0.